The van der Waals surface area contributed by atoms with Crippen LogP contribution in [0.5, 0.6) is 0 Å². The van der Waals surface area contributed by atoms with Gasteiger partial charge in [0, 0.05) is 0 Å². The summed E-state index contributed by atoms with van der Waals surface area (Å²) in [7, 11) is -23.3. The molecule has 0 aromatic carbocycles. The Balaban J connectivity index is -0.0000000104. The Labute approximate surface area is 331 Å². The van der Waals surface area contributed by atoms with E-state index in [1.54, 1.807) is 0 Å². The van der Waals surface area contributed by atoms with Gasteiger partial charge in [-0.15, -0.1) is 0 Å². The minimum atomic E-state index is -2.92. The molecule has 0 rings (SSSR count). The van der Waals surface area contributed by atoms with Crippen LogP contribution in [-0.2, 0) is 103 Å². The molecule has 0 atom stereocenters. The number of rotatable bonds is 0. The summed E-state index contributed by atoms with van der Waals surface area (Å²) in [6.07, 6.45) is 0. The first-order valence-corrected chi connectivity index (χ1v) is 5.66. The zero-order valence-corrected chi connectivity index (χ0v) is 28.4. The number of hydrogen-bond donors (Lipinski definition) is 0. The summed E-state index contributed by atoms with van der Waals surface area (Å²) in [4.78, 5) is 0. The maximum Gasteiger partial charge on any atom is 3.00 e. The van der Waals surface area contributed by atoms with Crippen molar-refractivity contribution in [1.82, 2.24) is 0 Å². The first kappa shape index (κ1) is 111. The summed E-state index contributed by atoms with van der Waals surface area (Å²) in [5, 5.41) is 202. The van der Waals surface area contributed by atoms with Crippen LogP contribution in [0.3, 0.4) is 0 Å². The SMILES string of the molecule is [Al+3].[Al+3].[Al+3].[Cr+3].[Cr+3].[Cr+3].[Cu+2].[Cu+2].[Cu+2].[O-]B([O-])[O-].[O-]B([O-])[O-].[O-]B([O-])[O-].[O-]B([O-])[O-].[O-]B([O-])[O-].[O-]B([O-])[O-].[O-]B([O-])[O-].[O-]B([O-])[O-]. The molecule has 0 spiro atoms. The van der Waals surface area contributed by atoms with Gasteiger partial charge in [-0.1, -0.05) is 0 Å². The Morgan fingerprint density at radius 3 is 0.171 bits per heavy atom. The molecule has 41 heavy (non-hydrogen) atoms. The first-order valence-electron chi connectivity index (χ1n) is 5.66. The van der Waals surface area contributed by atoms with E-state index >= 15 is 0 Å². The van der Waals surface area contributed by atoms with Crippen LogP contribution in [-0.4, -0.2) is 111 Å². The molecule has 0 aromatic heterocycles. The molecule has 0 saturated carbocycles. The summed E-state index contributed by atoms with van der Waals surface area (Å²) in [6.45, 7) is 0. The Morgan fingerprint density at radius 2 is 0.171 bits per heavy atom. The molecule has 0 aliphatic heterocycles. The van der Waals surface area contributed by atoms with E-state index in [9.17, 15) is 0 Å². The van der Waals surface area contributed by atoms with Gasteiger partial charge in [-0.25, -0.2) is 0 Å². The van der Waals surface area contributed by atoms with E-state index < -0.39 is 58.6 Å². The molecule has 24 nitrogen and oxygen atoms in total. The Hall–Kier alpha value is 4.31. The van der Waals surface area contributed by atoms with Gasteiger partial charge in [0.1, 0.15) is 0 Å². The molecule has 0 unspecified atom stereocenters. The monoisotopic (exact) mass is 898 g/mol. The molecule has 0 aromatic rings. The third-order valence-corrected chi connectivity index (χ3v) is 0. The van der Waals surface area contributed by atoms with Crippen molar-refractivity contribution >= 4 is 111 Å². The smallest absolute Gasteiger partial charge is 0.907 e. The zero-order chi connectivity index (χ0) is 28.6. The Morgan fingerprint density at radius 1 is 0.171 bits per heavy atom. The van der Waals surface area contributed by atoms with Crippen molar-refractivity contribution in [2.45, 2.75) is 0 Å². The van der Waals surface area contributed by atoms with Crippen molar-refractivity contribution in [3.8, 4) is 0 Å². The normalized spacial score (nSPS) is 5.27. The summed E-state index contributed by atoms with van der Waals surface area (Å²) in [6, 6.07) is 0. The fourth-order valence-electron chi connectivity index (χ4n) is 0. The summed E-state index contributed by atoms with van der Waals surface area (Å²) in [5.41, 5.74) is 0. The second-order valence-electron chi connectivity index (χ2n) is 2.31. The van der Waals surface area contributed by atoms with Gasteiger partial charge in [-0.3, -0.25) is 58.6 Å². The predicted octanol–water partition coefficient (Wildman–Crippen LogP) is -32.7. The molecule has 0 fully saturated rings. The van der Waals surface area contributed by atoms with Crippen LogP contribution in [0.15, 0.2) is 0 Å². The topological polar surface area (TPSA) is 553 Å². The summed E-state index contributed by atoms with van der Waals surface area (Å²) < 4.78 is 0. The van der Waals surface area contributed by atoms with E-state index in [-0.39, 0.29) is 155 Å². The van der Waals surface area contributed by atoms with Crippen LogP contribution < -0.4 is 121 Å². The summed E-state index contributed by atoms with van der Waals surface area (Å²) >= 11 is 0. The van der Waals surface area contributed by atoms with Crippen molar-refractivity contribution < 1.29 is 224 Å². The van der Waals surface area contributed by atoms with Crippen molar-refractivity contribution in [3.05, 3.63) is 0 Å². The van der Waals surface area contributed by atoms with Crippen LogP contribution in [0.25, 0.3) is 0 Å². The first-order chi connectivity index (χ1) is 13.9. The standard InChI is InChI=1S/3Al.8BO3.3Cr.3Cu/c;;;8*2-1(3)4;;;;;;/q3*+3;8*-3;3*+3;3*+2. The second kappa shape index (κ2) is 104. The molecule has 0 aliphatic carbocycles. The van der Waals surface area contributed by atoms with E-state index in [4.69, 9.17) is 121 Å². The molecule has 0 aliphatic rings. The molecule has 228 valence electrons. The fourth-order valence-corrected chi connectivity index (χ4v) is 0. The predicted molar refractivity (Wildman–Crippen MR) is 63.3 cm³/mol. The zero-order valence-electron chi connectivity index (χ0n) is 18.3. The van der Waals surface area contributed by atoms with Gasteiger partial charge < -0.3 is 121 Å². The van der Waals surface area contributed by atoms with Gasteiger partial charge in [-0.05, 0) is 0 Å². The van der Waals surface area contributed by atoms with Gasteiger partial charge in [0.05, 0.1) is 0 Å². The van der Waals surface area contributed by atoms with Gasteiger partial charge in [0.25, 0.3) is 0 Å². The molecule has 6 radical (unpaired) electrons. The third kappa shape index (κ3) is 4270. The van der Waals surface area contributed by atoms with Crippen molar-refractivity contribution in [3.63, 3.8) is 0 Å². The van der Waals surface area contributed by atoms with E-state index in [2.05, 4.69) is 0 Å². The van der Waals surface area contributed by atoms with Gasteiger partial charge in [0.15, 0.2) is 0 Å². The van der Waals surface area contributed by atoms with Gasteiger partial charge in [-0.2, -0.15) is 0 Å². The van der Waals surface area contributed by atoms with Crippen molar-refractivity contribution in [2.75, 3.05) is 0 Å². The minimum Gasteiger partial charge on any atom is -0.907 e. The quantitative estimate of drug-likeness (QED) is 0.204. The van der Waals surface area contributed by atoms with Crippen LogP contribution >= 0.6 is 0 Å². The number of hydrogen-bond acceptors (Lipinski definition) is 24. The molecular formula is Al3B8Cr3Cu3O24. The van der Waals surface area contributed by atoms with E-state index in [0.29, 0.717) is 0 Å². The summed E-state index contributed by atoms with van der Waals surface area (Å²) in [5.74, 6) is 0. The van der Waals surface area contributed by atoms with Crippen LogP contribution in [0, 0.1) is 0 Å². The molecule has 0 N–H and O–H groups in total. The second-order valence-corrected chi connectivity index (χ2v) is 2.31. The van der Waals surface area contributed by atoms with Gasteiger partial charge in [0.2, 0.25) is 0 Å². The third-order valence-electron chi connectivity index (χ3n) is 0. The minimum absolute atomic E-state index is 0. The van der Waals surface area contributed by atoms with Crippen LogP contribution in [0.2, 0.25) is 0 Å². The fraction of sp³-hybridized carbons (Fsp3) is 0. The largest absolute Gasteiger partial charge is 3.00 e. The van der Waals surface area contributed by atoms with Crippen molar-refractivity contribution in [2.24, 2.45) is 0 Å². The maximum absolute atomic E-state index is 8.42. The van der Waals surface area contributed by atoms with Crippen LogP contribution in [0.4, 0.5) is 0 Å². The van der Waals surface area contributed by atoms with Crippen molar-refractivity contribution in [1.29, 1.82) is 0 Å². The van der Waals surface area contributed by atoms with Crippen LogP contribution in [0.1, 0.15) is 0 Å². The van der Waals surface area contributed by atoms with E-state index in [1.807, 2.05) is 0 Å². The molecule has 0 bridgehead atoms. The molecule has 41 heteroatoms. The molecule has 0 amide bonds. The Kier molecular flexibility index (Phi) is 281. The van der Waals surface area contributed by atoms with E-state index in [0.717, 1.165) is 0 Å². The average molecular weight is 898 g/mol. The Bertz CT molecular complexity index is 181. The molecular weight excluding hydrogens is 898 g/mol. The van der Waals surface area contributed by atoms with E-state index in [1.165, 1.54) is 0 Å². The van der Waals surface area contributed by atoms with Gasteiger partial charge >= 0.3 is 155 Å². The average Bonchev–Trinajstić information content (AvgIpc) is 2.30. The molecule has 0 heterocycles. The molecule has 0 saturated heterocycles. The maximum atomic E-state index is 8.42.